The molecule has 1 fully saturated rings. The van der Waals surface area contributed by atoms with E-state index in [2.05, 4.69) is 16.8 Å². The highest BCUT2D eigenvalue weighted by Gasteiger charge is 2.11. The summed E-state index contributed by atoms with van der Waals surface area (Å²) < 4.78 is 5.23. The molecule has 1 unspecified atom stereocenters. The first-order chi connectivity index (χ1) is 6.45. The quantitative estimate of drug-likeness (QED) is 0.554. The molecule has 13 heavy (non-hydrogen) atoms. The van der Waals surface area contributed by atoms with Crippen LogP contribution >= 0.6 is 0 Å². The predicted molar refractivity (Wildman–Crippen MR) is 50.0 cm³/mol. The van der Waals surface area contributed by atoms with Gasteiger partial charge in [-0.2, -0.15) is 0 Å². The number of hydrogen-bond acceptors (Lipinski definition) is 2. The summed E-state index contributed by atoms with van der Waals surface area (Å²) in [6.45, 7) is 1.64. The zero-order valence-corrected chi connectivity index (χ0v) is 7.36. The fourth-order valence-electron chi connectivity index (χ4n) is 1.27. The van der Waals surface area contributed by atoms with Crippen LogP contribution in [0, 0.1) is 17.8 Å². The molecule has 66 valence electrons. The Morgan fingerprint density at radius 2 is 2.54 bits per heavy atom. The second-order valence-electron chi connectivity index (χ2n) is 3.07. The maximum absolute atomic E-state index is 5.23. The summed E-state index contributed by atoms with van der Waals surface area (Å²) in [6, 6.07) is 3.87. The Hall–Kier alpha value is -1.33. The Balaban J connectivity index is 2.03. The van der Waals surface area contributed by atoms with E-state index in [4.69, 9.17) is 4.74 Å². The molecule has 1 aliphatic heterocycles. The number of rotatable bonds is 0. The lowest BCUT2D eigenvalue weighted by Crippen LogP contribution is -1.93. The number of hydrogen-bond donors (Lipinski definition) is 0. The zero-order valence-electron chi connectivity index (χ0n) is 7.36. The fourth-order valence-corrected chi connectivity index (χ4v) is 1.27. The normalized spacial score (nSPS) is 20.8. The van der Waals surface area contributed by atoms with Gasteiger partial charge in [0.1, 0.15) is 0 Å². The molecule has 2 nitrogen and oxygen atoms in total. The van der Waals surface area contributed by atoms with E-state index in [-0.39, 0.29) is 0 Å². The Morgan fingerprint density at radius 3 is 3.23 bits per heavy atom. The number of aromatic nitrogens is 1. The van der Waals surface area contributed by atoms with Crippen molar-refractivity contribution in [3.63, 3.8) is 0 Å². The van der Waals surface area contributed by atoms with Crippen LogP contribution in [0.2, 0.25) is 0 Å². The molecular formula is C11H11NO. The third-order valence-electron chi connectivity index (χ3n) is 2.01. The highest BCUT2D eigenvalue weighted by molar-refractivity contribution is 5.31. The van der Waals surface area contributed by atoms with Gasteiger partial charge in [0, 0.05) is 30.5 Å². The van der Waals surface area contributed by atoms with Gasteiger partial charge in [-0.25, -0.2) is 0 Å². The highest BCUT2D eigenvalue weighted by atomic mass is 16.5. The van der Waals surface area contributed by atoms with Gasteiger partial charge in [-0.05, 0) is 18.6 Å². The molecule has 2 heteroatoms. The largest absolute Gasteiger partial charge is 0.380 e. The lowest BCUT2D eigenvalue weighted by Gasteiger charge is -1.93. The molecule has 2 heterocycles. The van der Waals surface area contributed by atoms with Gasteiger partial charge < -0.3 is 4.74 Å². The third-order valence-corrected chi connectivity index (χ3v) is 2.01. The Bertz CT molecular complexity index is 317. The van der Waals surface area contributed by atoms with Crippen molar-refractivity contribution in [2.75, 3.05) is 13.2 Å². The van der Waals surface area contributed by atoms with Crippen molar-refractivity contribution in [3.05, 3.63) is 30.1 Å². The minimum absolute atomic E-state index is 0.417. The van der Waals surface area contributed by atoms with Crippen LogP contribution in [0.4, 0.5) is 0 Å². The van der Waals surface area contributed by atoms with Gasteiger partial charge in [0.25, 0.3) is 0 Å². The smallest absolute Gasteiger partial charge is 0.0604 e. The van der Waals surface area contributed by atoms with Gasteiger partial charge in [0.2, 0.25) is 0 Å². The first-order valence-electron chi connectivity index (χ1n) is 4.44. The standard InChI is InChI=1S/C11H11NO/c1-2-10(8-12-6-1)3-4-11-5-7-13-9-11/h1-2,6,8,11H,5,7,9H2. The third kappa shape index (κ3) is 2.30. The van der Waals surface area contributed by atoms with E-state index < -0.39 is 0 Å². The van der Waals surface area contributed by atoms with Crippen LogP contribution in [0.3, 0.4) is 0 Å². The molecular weight excluding hydrogens is 162 g/mol. The van der Waals surface area contributed by atoms with Crippen molar-refractivity contribution in [2.24, 2.45) is 5.92 Å². The molecule has 1 aromatic heterocycles. The summed E-state index contributed by atoms with van der Waals surface area (Å²) in [6.07, 6.45) is 4.60. The number of pyridine rings is 1. The highest BCUT2D eigenvalue weighted by Crippen LogP contribution is 2.10. The summed E-state index contributed by atoms with van der Waals surface area (Å²) in [4.78, 5) is 4.00. The summed E-state index contributed by atoms with van der Waals surface area (Å²) in [5.74, 6) is 6.69. The van der Waals surface area contributed by atoms with E-state index in [0.717, 1.165) is 25.2 Å². The van der Waals surface area contributed by atoms with Gasteiger partial charge >= 0.3 is 0 Å². The minimum atomic E-state index is 0.417. The molecule has 0 bridgehead atoms. The molecule has 0 aromatic carbocycles. The van der Waals surface area contributed by atoms with Crippen LogP contribution in [0.15, 0.2) is 24.5 Å². The first-order valence-corrected chi connectivity index (χ1v) is 4.44. The van der Waals surface area contributed by atoms with Crippen LogP contribution in [-0.2, 0) is 4.74 Å². The van der Waals surface area contributed by atoms with Crippen LogP contribution in [0.5, 0.6) is 0 Å². The maximum atomic E-state index is 5.23. The average Bonchev–Trinajstić information content (AvgIpc) is 2.69. The predicted octanol–water partition coefficient (Wildman–Crippen LogP) is 1.47. The van der Waals surface area contributed by atoms with Gasteiger partial charge in [-0.1, -0.05) is 11.8 Å². The van der Waals surface area contributed by atoms with E-state index in [1.807, 2.05) is 12.1 Å². The van der Waals surface area contributed by atoms with Crippen molar-refractivity contribution < 1.29 is 4.74 Å². The molecule has 0 amide bonds. The topological polar surface area (TPSA) is 22.1 Å². The van der Waals surface area contributed by atoms with E-state index in [9.17, 15) is 0 Å². The number of ether oxygens (including phenoxy) is 1. The van der Waals surface area contributed by atoms with E-state index in [1.54, 1.807) is 12.4 Å². The lowest BCUT2D eigenvalue weighted by atomic mass is 10.1. The molecule has 0 aliphatic carbocycles. The second kappa shape index (κ2) is 4.06. The summed E-state index contributed by atoms with van der Waals surface area (Å²) in [7, 11) is 0. The van der Waals surface area contributed by atoms with Gasteiger partial charge in [-0.15, -0.1) is 0 Å². The Labute approximate surface area is 77.9 Å². The summed E-state index contributed by atoms with van der Waals surface area (Å²) >= 11 is 0. The van der Waals surface area contributed by atoms with E-state index in [0.29, 0.717) is 5.92 Å². The Kier molecular flexibility index (Phi) is 2.59. The lowest BCUT2D eigenvalue weighted by molar-refractivity contribution is 0.192. The molecule has 0 saturated carbocycles. The number of nitrogens with zero attached hydrogens (tertiary/aromatic N) is 1. The maximum Gasteiger partial charge on any atom is 0.0604 e. The van der Waals surface area contributed by atoms with E-state index >= 15 is 0 Å². The van der Waals surface area contributed by atoms with Crippen molar-refractivity contribution in [3.8, 4) is 11.8 Å². The second-order valence-corrected chi connectivity index (χ2v) is 3.07. The van der Waals surface area contributed by atoms with Crippen LogP contribution in [-0.4, -0.2) is 18.2 Å². The molecule has 0 spiro atoms. The summed E-state index contributed by atoms with van der Waals surface area (Å²) in [5.41, 5.74) is 0.981. The van der Waals surface area contributed by atoms with Crippen molar-refractivity contribution >= 4 is 0 Å². The van der Waals surface area contributed by atoms with Crippen LogP contribution < -0.4 is 0 Å². The molecule has 1 atom stereocenters. The molecule has 1 aliphatic rings. The fraction of sp³-hybridized carbons (Fsp3) is 0.364. The van der Waals surface area contributed by atoms with Gasteiger partial charge in [-0.3, -0.25) is 4.98 Å². The molecule has 0 N–H and O–H groups in total. The average molecular weight is 173 g/mol. The van der Waals surface area contributed by atoms with Gasteiger partial charge in [0.05, 0.1) is 6.61 Å². The zero-order chi connectivity index (χ0) is 8.93. The minimum Gasteiger partial charge on any atom is -0.380 e. The molecule has 1 saturated heterocycles. The van der Waals surface area contributed by atoms with Crippen LogP contribution in [0.25, 0.3) is 0 Å². The molecule has 2 rings (SSSR count). The monoisotopic (exact) mass is 173 g/mol. The van der Waals surface area contributed by atoms with Crippen LogP contribution in [0.1, 0.15) is 12.0 Å². The van der Waals surface area contributed by atoms with Crippen molar-refractivity contribution in [1.29, 1.82) is 0 Å². The Morgan fingerprint density at radius 1 is 1.54 bits per heavy atom. The van der Waals surface area contributed by atoms with E-state index in [1.165, 1.54) is 0 Å². The summed E-state index contributed by atoms with van der Waals surface area (Å²) in [5, 5.41) is 0. The van der Waals surface area contributed by atoms with Crippen molar-refractivity contribution in [2.45, 2.75) is 6.42 Å². The molecule has 1 aromatic rings. The molecule has 0 radical (unpaired) electrons. The first kappa shape index (κ1) is 8.28. The van der Waals surface area contributed by atoms with Crippen molar-refractivity contribution in [1.82, 2.24) is 4.98 Å². The van der Waals surface area contributed by atoms with Gasteiger partial charge in [0.15, 0.2) is 0 Å². The SMILES string of the molecule is C(#CC1CCOC1)c1cccnc1.